The van der Waals surface area contributed by atoms with Gasteiger partial charge in [0.15, 0.2) is 0 Å². The number of benzene rings is 1. The van der Waals surface area contributed by atoms with E-state index in [2.05, 4.69) is 5.32 Å². The Bertz CT molecular complexity index is 588. The maximum Gasteiger partial charge on any atom is 0.405 e. The van der Waals surface area contributed by atoms with Crippen molar-refractivity contribution in [3.05, 3.63) is 24.3 Å². The van der Waals surface area contributed by atoms with Crippen LogP contribution >= 0.6 is 0 Å². The number of anilines is 2. The molecule has 20 heavy (non-hydrogen) atoms. The molecule has 5 N–H and O–H groups in total. The largest absolute Gasteiger partial charge is 0.405 e. The van der Waals surface area contributed by atoms with Crippen LogP contribution in [0.25, 0.3) is 0 Å². The zero-order chi connectivity index (χ0) is 15.4. The molecule has 1 aromatic rings. The van der Waals surface area contributed by atoms with Gasteiger partial charge in [-0.25, -0.2) is 9.93 Å². The molecule has 0 aliphatic carbocycles. The number of nitrogens with one attached hydrogen (secondary N) is 3. The topological polar surface area (TPSA) is 113 Å². The third-order valence-electron chi connectivity index (χ3n) is 1.83. The van der Waals surface area contributed by atoms with Crippen LogP contribution in [0.4, 0.5) is 29.3 Å². The van der Waals surface area contributed by atoms with Gasteiger partial charge in [0.05, 0.1) is 5.69 Å². The van der Waals surface area contributed by atoms with Gasteiger partial charge in [-0.3, -0.25) is 4.72 Å². The lowest BCUT2D eigenvalue weighted by atomic mass is 10.3. The minimum atomic E-state index is -4.52. The first kappa shape index (κ1) is 16.0. The van der Waals surface area contributed by atoms with Crippen LogP contribution in [0.1, 0.15) is 0 Å². The Morgan fingerprint density at radius 2 is 1.85 bits per heavy atom. The standard InChI is InChI=1S/C9H11F3N4O3S/c10-9(11,12)5-14-8(17)15-6-2-1-3-7(4-6)16-20(13,18)19/h1-4,16H,5H2,(H2,13,18,19)(H2,14,15,17). The van der Waals surface area contributed by atoms with E-state index < -0.39 is 29.0 Å². The second-order valence-corrected chi connectivity index (χ2v) is 4.94. The summed E-state index contributed by atoms with van der Waals surface area (Å²) in [6.07, 6.45) is -4.52. The Kier molecular flexibility index (Phi) is 4.78. The smallest absolute Gasteiger partial charge is 0.329 e. The lowest BCUT2D eigenvalue weighted by Gasteiger charge is -2.10. The number of nitrogens with two attached hydrogens (primary N) is 1. The van der Waals surface area contributed by atoms with Gasteiger partial charge in [0.1, 0.15) is 6.54 Å². The van der Waals surface area contributed by atoms with Crippen LogP contribution in [-0.2, 0) is 10.2 Å². The van der Waals surface area contributed by atoms with Crippen LogP contribution in [0.5, 0.6) is 0 Å². The van der Waals surface area contributed by atoms with Crippen molar-refractivity contribution in [1.29, 1.82) is 0 Å². The summed E-state index contributed by atoms with van der Waals surface area (Å²) in [4.78, 5) is 11.2. The van der Waals surface area contributed by atoms with E-state index in [0.717, 1.165) is 0 Å². The molecule has 1 aromatic carbocycles. The average molecular weight is 312 g/mol. The minimum Gasteiger partial charge on any atom is -0.329 e. The normalized spacial score (nSPS) is 11.8. The first-order chi connectivity index (χ1) is 9.05. The predicted octanol–water partition coefficient (Wildman–Crippen LogP) is 0.986. The summed E-state index contributed by atoms with van der Waals surface area (Å²) in [6, 6.07) is 4.21. The number of amides is 2. The van der Waals surface area contributed by atoms with Crippen LogP contribution in [0.15, 0.2) is 24.3 Å². The molecule has 0 unspecified atom stereocenters. The van der Waals surface area contributed by atoms with Crippen molar-refractivity contribution in [3.63, 3.8) is 0 Å². The number of urea groups is 1. The number of carbonyl (C=O) groups is 1. The van der Waals surface area contributed by atoms with E-state index in [0.29, 0.717) is 0 Å². The van der Waals surface area contributed by atoms with Crippen molar-refractivity contribution < 1.29 is 26.4 Å². The Hall–Kier alpha value is -2.01. The summed E-state index contributed by atoms with van der Waals surface area (Å²) in [5.74, 6) is 0. The molecule has 7 nitrogen and oxygen atoms in total. The van der Waals surface area contributed by atoms with Gasteiger partial charge in [0.25, 0.3) is 10.2 Å². The number of carbonyl (C=O) groups excluding carboxylic acids is 1. The van der Waals surface area contributed by atoms with Gasteiger partial charge in [0, 0.05) is 5.69 Å². The minimum absolute atomic E-state index is 0.0566. The van der Waals surface area contributed by atoms with E-state index in [-0.39, 0.29) is 11.4 Å². The van der Waals surface area contributed by atoms with Crippen LogP contribution in [0.2, 0.25) is 0 Å². The Balaban J connectivity index is 2.64. The highest BCUT2D eigenvalue weighted by Crippen LogP contribution is 2.16. The highest BCUT2D eigenvalue weighted by atomic mass is 32.2. The Labute approximate surface area is 112 Å². The van der Waals surface area contributed by atoms with Crippen molar-refractivity contribution in [3.8, 4) is 0 Å². The molecule has 11 heteroatoms. The van der Waals surface area contributed by atoms with Crippen molar-refractivity contribution in [1.82, 2.24) is 5.32 Å². The van der Waals surface area contributed by atoms with Gasteiger partial charge >= 0.3 is 12.2 Å². The molecule has 0 spiro atoms. The number of hydrogen-bond acceptors (Lipinski definition) is 3. The summed E-state index contributed by atoms with van der Waals surface area (Å²) in [5.41, 5.74) is 0.152. The van der Waals surface area contributed by atoms with Crippen LogP contribution < -0.4 is 20.5 Å². The molecule has 1 rings (SSSR count). The van der Waals surface area contributed by atoms with E-state index in [1.807, 2.05) is 4.72 Å². The van der Waals surface area contributed by atoms with E-state index >= 15 is 0 Å². The van der Waals surface area contributed by atoms with Gasteiger partial charge in [-0.2, -0.15) is 21.6 Å². The predicted molar refractivity (Wildman–Crippen MR) is 66.2 cm³/mol. The molecule has 2 amide bonds. The summed E-state index contributed by atoms with van der Waals surface area (Å²) in [7, 11) is -3.98. The van der Waals surface area contributed by atoms with E-state index in [9.17, 15) is 26.4 Å². The van der Waals surface area contributed by atoms with Crippen molar-refractivity contribution >= 4 is 27.6 Å². The molecular formula is C9H11F3N4O3S. The second kappa shape index (κ2) is 5.96. The first-order valence-corrected chi connectivity index (χ1v) is 6.62. The van der Waals surface area contributed by atoms with Gasteiger partial charge in [-0.05, 0) is 18.2 Å². The summed E-state index contributed by atoms with van der Waals surface area (Å²) >= 11 is 0. The van der Waals surface area contributed by atoms with Crippen LogP contribution in [0, 0.1) is 0 Å². The molecule has 0 atom stereocenters. The fourth-order valence-corrected chi connectivity index (χ4v) is 1.64. The molecule has 0 aliphatic rings. The summed E-state index contributed by atoms with van der Waals surface area (Å²) in [5, 5.41) is 8.47. The van der Waals surface area contributed by atoms with Crippen molar-refractivity contribution in [2.75, 3.05) is 16.6 Å². The molecule has 0 aliphatic heterocycles. The molecular weight excluding hydrogens is 301 g/mol. The van der Waals surface area contributed by atoms with Crippen LogP contribution in [0.3, 0.4) is 0 Å². The molecule has 0 fully saturated rings. The molecule has 0 aromatic heterocycles. The van der Waals surface area contributed by atoms with Crippen molar-refractivity contribution in [2.45, 2.75) is 6.18 Å². The second-order valence-electron chi connectivity index (χ2n) is 3.65. The number of hydrogen-bond donors (Lipinski definition) is 4. The van der Waals surface area contributed by atoms with Gasteiger partial charge in [-0.15, -0.1) is 0 Å². The summed E-state index contributed by atoms with van der Waals surface area (Å²) < 4.78 is 59.1. The van der Waals surface area contributed by atoms with Crippen LogP contribution in [-0.4, -0.2) is 27.2 Å². The van der Waals surface area contributed by atoms with Crippen molar-refractivity contribution in [2.24, 2.45) is 5.14 Å². The van der Waals surface area contributed by atoms with E-state index in [1.54, 1.807) is 5.32 Å². The van der Waals surface area contributed by atoms with Gasteiger partial charge < -0.3 is 10.6 Å². The zero-order valence-electron chi connectivity index (χ0n) is 9.86. The Morgan fingerprint density at radius 3 is 2.40 bits per heavy atom. The molecule has 0 bridgehead atoms. The number of alkyl halides is 3. The highest BCUT2D eigenvalue weighted by molar-refractivity contribution is 7.90. The first-order valence-electron chi connectivity index (χ1n) is 5.07. The fraction of sp³-hybridized carbons (Fsp3) is 0.222. The molecule has 0 saturated heterocycles. The van der Waals surface area contributed by atoms with Gasteiger partial charge in [0.2, 0.25) is 0 Å². The molecule has 0 saturated carbocycles. The molecule has 0 radical (unpaired) electrons. The zero-order valence-corrected chi connectivity index (χ0v) is 10.7. The molecule has 0 heterocycles. The SMILES string of the molecule is NS(=O)(=O)Nc1cccc(NC(=O)NCC(F)(F)F)c1. The quantitative estimate of drug-likeness (QED) is 0.664. The number of rotatable bonds is 4. The van der Waals surface area contributed by atoms with E-state index in [4.69, 9.17) is 5.14 Å². The highest BCUT2D eigenvalue weighted by Gasteiger charge is 2.27. The fourth-order valence-electron chi connectivity index (χ4n) is 1.18. The third kappa shape index (κ3) is 6.80. The van der Waals surface area contributed by atoms with Gasteiger partial charge in [-0.1, -0.05) is 6.07 Å². The summed E-state index contributed by atoms with van der Waals surface area (Å²) in [6.45, 7) is -1.48. The molecule has 112 valence electrons. The van der Waals surface area contributed by atoms with E-state index in [1.165, 1.54) is 24.3 Å². The monoisotopic (exact) mass is 312 g/mol. The lowest BCUT2D eigenvalue weighted by Crippen LogP contribution is -2.36. The Morgan fingerprint density at radius 1 is 1.25 bits per heavy atom. The third-order valence-corrected chi connectivity index (χ3v) is 2.35. The lowest BCUT2D eigenvalue weighted by molar-refractivity contribution is -0.122. The maximum absolute atomic E-state index is 11.9. The number of halogens is 3. The average Bonchev–Trinajstić information content (AvgIpc) is 2.23. The maximum atomic E-state index is 11.9.